The quantitative estimate of drug-likeness (QED) is 0.793. The van der Waals surface area contributed by atoms with E-state index in [4.69, 9.17) is 4.74 Å². The third kappa shape index (κ3) is 2.73. The third-order valence-electron chi connectivity index (χ3n) is 2.97. The second-order valence-corrected chi connectivity index (χ2v) is 4.21. The number of hydrogen-bond acceptors (Lipinski definition) is 5. The molecule has 5 heteroatoms. The van der Waals surface area contributed by atoms with Gasteiger partial charge in [0.2, 0.25) is 0 Å². The molecule has 0 aliphatic carbocycles. The molecule has 2 rings (SSSR count). The molecule has 2 N–H and O–H groups in total. The van der Waals surface area contributed by atoms with Gasteiger partial charge >= 0.3 is 5.97 Å². The number of methoxy groups -OCH3 is 1. The monoisotopic (exact) mass is 251 g/mol. The minimum atomic E-state index is -0.586. The van der Waals surface area contributed by atoms with Crippen molar-refractivity contribution in [3.63, 3.8) is 0 Å². The Bertz CT molecular complexity index is 427. The Balaban J connectivity index is 2.20. The maximum absolute atomic E-state index is 11.6. The van der Waals surface area contributed by atoms with E-state index in [-0.39, 0.29) is 17.4 Å². The van der Waals surface area contributed by atoms with Gasteiger partial charge < -0.3 is 19.9 Å². The summed E-state index contributed by atoms with van der Waals surface area (Å²) in [6.45, 7) is 1.80. The number of esters is 1. The van der Waals surface area contributed by atoms with E-state index in [1.165, 1.54) is 13.2 Å². The average Bonchev–Trinajstić information content (AvgIpc) is 2.39. The van der Waals surface area contributed by atoms with Crippen LogP contribution >= 0.6 is 0 Å². The highest BCUT2D eigenvalue weighted by Gasteiger charge is 2.21. The number of phenolic OH excluding ortho intramolecular Hbond substituents is 1. The van der Waals surface area contributed by atoms with Crippen LogP contribution in [0.15, 0.2) is 18.2 Å². The first-order valence-electron chi connectivity index (χ1n) is 6.00. The van der Waals surface area contributed by atoms with E-state index < -0.39 is 5.97 Å². The van der Waals surface area contributed by atoms with Crippen LogP contribution in [0.5, 0.6) is 11.5 Å². The molecule has 1 aromatic rings. The molecular formula is C13H17NO4. The number of aromatic hydroxyl groups is 1. The van der Waals surface area contributed by atoms with Gasteiger partial charge in [0, 0.05) is 0 Å². The number of carbonyl (C=O) groups is 1. The molecule has 0 spiro atoms. The van der Waals surface area contributed by atoms with E-state index in [0.29, 0.717) is 5.75 Å². The average molecular weight is 251 g/mol. The van der Waals surface area contributed by atoms with E-state index in [9.17, 15) is 9.90 Å². The Morgan fingerprint density at radius 2 is 2.11 bits per heavy atom. The molecule has 0 radical (unpaired) electrons. The van der Waals surface area contributed by atoms with E-state index in [1.807, 2.05) is 0 Å². The summed E-state index contributed by atoms with van der Waals surface area (Å²) in [6, 6.07) is 4.77. The minimum absolute atomic E-state index is 0.0662. The van der Waals surface area contributed by atoms with Crippen LogP contribution in [-0.2, 0) is 4.74 Å². The van der Waals surface area contributed by atoms with E-state index in [2.05, 4.69) is 10.1 Å². The molecule has 1 aromatic carbocycles. The number of ether oxygens (including phenoxy) is 2. The summed E-state index contributed by atoms with van der Waals surface area (Å²) in [5.74, 6) is -0.320. The van der Waals surface area contributed by atoms with Gasteiger partial charge in [0.1, 0.15) is 23.2 Å². The van der Waals surface area contributed by atoms with Gasteiger partial charge in [-0.05, 0) is 38.1 Å². The Kier molecular flexibility index (Phi) is 4.04. The van der Waals surface area contributed by atoms with E-state index >= 15 is 0 Å². The number of hydrogen-bond donors (Lipinski definition) is 2. The van der Waals surface area contributed by atoms with Crippen LogP contribution in [0.2, 0.25) is 0 Å². The van der Waals surface area contributed by atoms with Gasteiger partial charge in [0.05, 0.1) is 7.11 Å². The van der Waals surface area contributed by atoms with Gasteiger partial charge in [0.25, 0.3) is 0 Å². The Morgan fingerprint density at radius 3 is 2.78 bits per heavy atom. The molecule has 1 heterocycles. The topological polar surface area (TPSA) is 67.8 Å². The maximum atomic E-state index is 11.6. The fraction of sp³-hybridized carbons (Fsp3) is 0.462. The zero-order valence-electron chi connectivity index (χ0n) is 10.3. The third-order valence-corrected chi connectivity index (χ3v) is 2.97. The van der Waals surface area contributed by atoms with Crippen LogP contribution in [-0.4, -0.2) is 37.4 Å². The van der Waals surface area contributed by atoms with Crippen LogP contribution in [0.4, 0.5) is 0 Å². The number of nitrogens with one attached hydrogen (secondary N) is 1. The molecule has 0 atom stereocenters. The molecule has 0 amide bonds. The molecule has 5 nitrogen and oxygen atoms in total. The van der Waals surface area contributed by atoms with Crippen LogP contribution in [0.1, 0.15) is 23.2 Å². The van der Waals surface area contributed by atoms with Gasteiger partial charge in [-0.25, -0.2) is 4.79 Å². The molecule has 1 aliphatic rings. The van der Waals surface area contributed by atoms with E-state index in [1.54, 1.807) is 12.1 Å². The first-order chi connectivity index (χ1) is 8.72. The van der Waals surface area contributed by atoms with Crippen molar-refractivity contribution in [1.29, 1.82) is 0 Å². The first-order valence-corrected chi connectivity index (χ1v) is 6.00. The highest BCUT2D eigenvalue weighted by Crippen LogP contribution is 2.29. The normalized spacial score (nSPS) is 16.3. The van der Waals surface area contributed by atoms with Crippen molar-refractivity contribution in [2.75, 3.05) is 20.2 Å². The summed E-state index contributed by atoms with van der Waals surface area (Å²) >= 11 is 0. The highest BCUT2D eigenvalue weighted by atomic mass is 16.5. The molecule has 0 aromatic heterocycles. The smallest absolute Gasteiger partial charge is 0.345 e. The lowest BCUT2D eigenvalue weighted by Crippen LogP contribution is -2.34. The number of benzene rings is 1. The molecule has 0 unspecified atom stereocenters. The number of piperidine rings is 1. The van der Waals surface area contributed by atoms with Gasteiger partial charge in [0.15, 0.2) is 0 Å². The lowest BCUT2D eigenvalue weighted by Gasteiger charge is -2.24. The van der Waals surface area contributed by atoms with Crippen LogP contribution < -0.4 is 10.1 Å². The second kappa shape index (κ2) is 5.73. The predicted molar refractivity (Wildman–Crippen MR) is 66.0 cm³/mol. The predicted octanol–water partition coefficient (Wildman–Crippen LogP) is 1.31. The largest absolute Gasteiger partial charge is 0.507 e. The van der Waals surface area contributed by atoms with Crippen LogP contribution in [0, 0.1) is 0 Å². The lowest BCUT2D eigenvalue weighted by atomic mass is 10.1. The SMILES string of the molecule is COC(=O)c1c(O)cccc1OC1CCNCC1. The molecule has 1 fully saturated rings. The van der Waals surface area contributed by atoms with Gasteiger partial charge in [-0.15, -0.1) is 0 Å². The Hall–Kier alpha value is -1.75. The molecule has 1 saturated heterocycles. The van der Waals surface area contributed by atoms with Gasteiger partial charge in [-0.3, -0.25) is 0 Å². The van der Waals surface area contributed by atoms with Gasteiger partial charge in [-0.2, -0.15) is 0 Å². The Morgan fingerprint density at radius 1 is 1.39 bits per heavy atom. The van der Waals surface area contributed by atoms with Crippen molar-refractivity contribution in [3.8, 4) is 11.5 Å². The summed E-state index contributed by atoms with van der Waals surface area (Å²) in [4.78, 5) is 11.6. The Labute approximate surface area is 106 Å². The standard InChI is InChI=1S/C13H17NO4/c1-17-13(16)12-10(15)3-2-4-11(12)18-9-5-7-14-8-6-9/h2-4,9,14-15H,5-8H2,1H3. The zero-order valence-corrected chi connectivity index (χ0v) is 10.3. The van der Waals surface area contributed by atoms with Crippen molar-refractivity contribution in [2.45, 2.75) is 18.9 Å². The van der Waals surface area contributed by atoms with Gasteiger partial charge in [-0.1, -0.05) is 6.07 Å². The van der Waals surface area contributed by atoms with Crippen molar-refractivity contribution in [3.05, 3.63) is 23.8 Å². The summed E-state index contributed by atoms with van der Waals surface area (Å²) in [5.41, 5.74) is 0.0959. The molecule has 18 heavy (non-hydrogen) atoms. The second-order valence-electron chi connectivity index (χ2n) is 4.21. The summed E-state index contributed by atoms with van der Waals surface area (Å²) < 4.78 is 10.4. The van der Waals surface area contributed by atoms with Crippen molar-refractivity contribution in [2.24, 2.45) is 0 Å². The fourth-order valence-electron chi connectivity index (χ4n) is 2.02. The van der Waals surface area contributed by atoms with Crippen molar-refractivity contribution in [1.82, 2.24) is 5.32 Å². The van der Waals surface area contributed by atoms with Crippen molar-refractivity contribution < 1.29 is 19.4 Å². The number of rotatable bonds is 3. The van der Waals surface area contributed by atoms with Crippen LogP contribution in [0.25, 0.3) is 0 Å². The molecule has 0 bridgehead atoms. The zero-order chi connectivity index (χ0) is 13.0. The van der Waals surface area contributed by atoms with Crippen molar-refractivity contribution >= 4 is 5.97 Å². The molecule has 98 valence electrons. The van der Waals surface area contributed by atoms with Crippen LogP contribution in [0.3, 0.4) is 0 Å². The lowest BCUT2D eigenvalue weighted by molar-refractivity contribution is 0.0587. The summed E-state index contributed by atoms with van der Waals surface area (Å²) in [7, 11) is 1.28. The summed E-state index contributed by atoms with van der Waals surface area (Å²) in [5, 5.41) is 13.0. The number of carbonyl (C=O) groups excluding carboxylic acids is 1. The fourth-order valence-corrected chi connectivity index (χ4v) is 2.02. The molecule has 1 aliphatic heterocycles. The first kappa shape index (κ1) is 12.7. The highest BCUT2D eigenvalue weighted by molar-refractivity contribution is 5.95. The minimum Gasteiger partial charge on any atom is -0.507 e. The molecule has 0 saturated carbocycles. The number of phenols is 1. The molecular weight excluding hydrogens is 234 g/mol. The van der Waals surface area contributed by atoms with E-state index in [0.717, 1.165) is 25.9 Å². The maximum Gasteiger partial charge on any atom is 0.345 e. The summed E-state index contributed by atoms with van der Waals surface area (Å²) in [6.07, 6.45) is 1.84.